The molecule has 2 heterocycles. The molecule has 31 heavy (non-hydrogen) atoms. The number of imide groups is 1. The van der Waals surface area contributed by atoms with Gasteiger partial charge in [-0.1, -0.05) is 34.1 Å². The molecule has 1 aromatic heterocycles. The molecule has 3 aromatic carbocycles. The van der Waals surface area contributed by atoms with Gasteiger partial charge in [-0.15, -0.1) is 11.6 Å². The Balaban J connectivity index is 1.93. The van der Waals surface area contributed by atoms with Crippen molar-refractivity contribution in [3.05, 3.63) is 64.1 Å². The summed E-state index contributed by atoms with van der Waals surface area (Å²) in [5.74, 6) is 0.375. The molecular formula is C24H18BrClN2O3. The smallest absolute Gasteiger partial charge is 0.262 e. The monoisotopic (exact) mass is 496 g/mol. The lowest BCUT2D eigenvalue weighted by molar-refractivity contribution is 0.0694. The number of amides is 2. The number of ether oxygens (including phenoxy) is 1. The normalized spacial score (nSPS) is 13.5. The summed E-state index contributed by atoms with van der Waals surface area (Å²) in [5, 5.41) is 1.72. The quantitative estimate of drug-likeness (QED) is 0.272. The third-order valence-electron chi connectivity index (χ3n) is 5.81. The molecule has 0 aliphatic carbocycles. The number of aromatic nitrogens is 1. The Kier molecular flexibility index (Phi) is 4.79. The van der Waals surface area contributed by atoms with E-state index < -0.39 is 0 Å². The Morgan fingerprint density at radius 2 is 1.68 bits per heavy atom. The Morgan fingerprint density at radius 1 is 0.935 bits per heavy atom. The highest BCUT2D eigenvalue weighted by atomic mass is 79.9. The van der Waals surface area contributed by atoms with Crippen LogP contribution in [0.5, 0.6) is 5.75 Å². The van der Waals surface area contributed by atoms with Gasteiger partial charge >= 0.3 is 0 Å². The maximum Gasteiger partial charge on any atom is 0.262 e. The number of benzene rings is 3. The van der Waals surface area contributed by atoms with Gasteiger partial charge in [0.15, 0.2) is 0 Å². The molecule has 0 radical (unpaired) electrons. The Labute approximate surface area is 192 Å². The second-order valence-electron chi connectivity index (χ2n) is 7.49. The zero-order chi connectivity index (χ0) is 21.9. The lowest BCUT2D eigenvalue weighted by atomic mass is 9.92. The molecule has 0 atom stereocenters. The molecule has 5 rings (SSSR count). The van der Waals surface area contributed by atoms with Crippen LogP contribution in [0.1, 0.15) is 20.7 Å². The van der Waals surface area contributed by atoms with Crippen LogP contribution >= 0.6 is 27.5 Å². The first-order chi connectivity index (χ1) is 14.9. The summed E-state index contributed by atoms with van der Waals surface area (Å²) in [6.07, 6.45) is 0. The number of carbonyl (C=O) groups is 2. The van der Waals surface area contributed by atoms with Crippen LogP contribution in [0, 0.1) is 0 Å². The minimum atomic E-state index is -0.309. The van der Waals surface area contributed by atoms with E-state index in [1.165, 1.54) is 11.9 Å². The van der Waals surface area contributed by atoms with Crippen LogP contribution in [0.4, 0.5) is 0 Å². The van der Waals surface area contributed by atoms with Gasteiger partial charge < -0.3 is 9.30 Å². The average molecular weight is 498 g/mol. The molecule has 1 aliphatic rings. The summed E-state index contributed by atoms with van der Waals surface area (Å²) in [6.45, 7) is 0.345. The molecule has 0 bridgehead atoms. The van der Waals surface area contributed by atoms with E-state index in [4.69, 9.17) is 16.3 Å². The standard InChI is InChI=1S/C24H18BrClN2O3/c1-27-17-8-7-13(25)11-16(17)20-18(27)12-15(21-22(20)24(30)28(2)23(21)29)14-5-3-4-6-19(14)31-10-9-26/h3-8,11-12H,9-10H2,1-2H3. The van der Waals surface area contributed by atoms with E-state index >= 15 is 0 Å². The van der Waals surface area contributed by atoms with Crippen molar-refractivity contribution in [2.24, 2.45) is 7.05 Å². The van der Waals surface area contributed by atoms with E-state index in [1.807, 2.05) is 55.6 Å². The maximum atomic E-state index is 13.2. The van der Waals surface area contributed by atoms with Gasteiger partial charge in [0.2, 0.25) is 0 Å². The van der Waals surface area contributed by atoms with Crippen molar-refractivity contribution in [2.75, 3.05) is 19.5 Å². The summed E-state index contributed by atoms with van der Waals surface area (Å²) in [6, 6.07) is 15.5. The van der Waals surface area contributed by atoms with E-state index in [1.54, 1.807) is 0 Å². The molecule has 0 N–H and O–H groups in total. The van der Waals surface area contributed by atoms with Crippen molar-refractivity contribution in [3.63, 3.8) is 0 Å². The van der Waals surface area contributed by atoms with Crippen molar-refractivity contribution in [2.45, 2.75) is 0 Å². The zero-order valence-corrected chi connectivity index (χ0v) is 19.3. The van der Waals surface area contributed by atoms with Crippen LogP contribution in [0.25, 0.3) is 32.9 Å². The van der Waals surface area contributed by atoms with E-state index in [0.717, 1.165) is 31.8 Å². The van der Waals surface area contributed by atoms with Gasteiger partial charge in [0.25, 0.3) is 11.8 Å². The number of hydrogen-bond acceptors (Lipinski definition) is 3. The highest BCUT2D eigenvalue weighted by Gasteiger charge is 2.39. The van der Waals surface area contributed by atoms with Crippen molar-refractivity contribution in [3.8, 4) is 16.9 Å². The molecule has 2 amide bonds. The molecular weight excluding hydrogens is 480 g/mol. The van der Waals surface area contributed by atoms with Crippen LogP contribution in [0.15, 0.2) is 53.0 Å². The zero-order valence-electron chi connectivity index (χ0n) is 16.9. The average Bonchev–Trinajstić information content (AvgIpc) is 3.18. The molecule has 1 aliphatic heterocycles. The minimum Gasteiger partial charge on any atom is -0.492 e. The molecule has 156 valence electrons. The van der Waals surface area contributed by atoms with Crippen LogP contribution < -0.4 is 4.74 Å². The van der Waals surface area contributed by atoms with Crippen LogP contribution in [-0.2, 0) is 7.05 Å². The van der Waals surface area contributed by atoms with Crippen molar-refractivity contribution < 1.29 is 14.3 Å². The third-order valence-corrected chi connectivity index (χ3v) is 6.45. The number of rotatable bonds is 4. The fourth-order valence-corrected chi connectivity index (χ4v) is 4.81. The lowest BCUT2D eigenvalue weighted by Crippen LogP contribution is -2.24. The predicted molar refractivity (Wildman–Crippen MR) is 126 cm³/mol. The van der Waals surface area contributed by atoms with Gasteiger partial charge in [0, 0.05) is 46.0 Å². The van der Waals surface area contributed by atoms with Gasteiger partial charge in [0.05, 0.1) is 22.5 Å². The van der Waals surface area contributed by atoms with Gasteiger partial charge in [-0.25, -0.2) is 0 Å². The van der Waals surface area contributed by atoms with Crippen molar-refractivity contribution in [1.82, 2.24) is 9.47 Å². The van der Waals surface area contributed by atoms with E-state index in [0.29, 0.717) is 34.9 Å². The summed E-state index contributed by atoms with van der Waals surface area (Å²) in [5.41, 5.74) is 4.16. The number of nitrogens with zero attached hydrogens (tertiary/aromatic N) is 2. The SMILES string of the molecule is CN1C(=O)c2c(-c3ccccc3OCCCl)cc3c(c2C1=O)c1cc(Br)ccc1n3C. The summed E-state index contributed by atoms with van der Waals surface area (Å²) < 4.78 is 8.82. The Morgan fingerprint density at radius 3 is 2.45 bits per heavy atom. The van der Waals surface area contributed by atoms with Crippen LogP contribution in [0.3, 0.4) is 0 Å². The highest BCUT2D eigenvalue weighted by molar-refractivity contribution is 9.10. The first-order valence-electron chi connectivity index (χ1n) is 9.79. The second kappa shape index (κ2) is 7.39. The summed E-state index contributed by atoms with van der Waals surface area (Å²) in [7, 11) is 3.49. The summed E-state index contributed by atoms with van der Waals surface area (Å²) in [4.78, 5) is 27.6. The highest BCUT2D eigenvalue weighted by Crippen LogP contribution is 2.44. The number of fused-ring (bicyclic) bond motifs is 5. The topological polar surface area (TPSA) is 51.5 Å². The van der Waals surface area contributed by atoms with Crippen molar-refractivity contribution in [1.29, 1.82) is 0 Å². The number of hydrogen-bond donors (Lipinski definition) is 0. The minimum absolute atomic E-state index is 0.293. The number of aryl methyl sites for hydroxylation is 1. The molecule has 0 unspecified atom stereocenters. The van der Waals surface area contributed by atoms with E-state index in [2.05, 4.69) is 20.5 Å². The number of halogens is 2. The predicted octanol–water partition coefficient (Wildman–Crippen LogP) is 5.60. The molecule has 0 saturated heterocycles. The Bertz CT molecular complexity index is 1410. The van der Waals surface area contributed by atoms with Gasteiger partial charge in [-0.3, -0.25) is 14.5 Å². The van der Waals surface area contributed by atoms with E-state index in [9.17, 15) is 9.59 Å². The van der Waals surface area contributed by atoms with Crippen molar-refractivity contribution >= 4 is 61.2 Å². The van der Waals surface area contributed by atoms with Gasteiger partial charge in [-0.05, 0) is 30.3 Å². The fraction of sp³-hybridized carbons (Fsp3) is 0.167. The third kappa shape index (κ3) is 2.89. The summed E-state index contributed by atoms with van der Waals surface area (Å²) >= 11 is 9.36. The molecule has 5 nitrogen and oxygen atoms in total. The Hall–Kier alpha value is -2.83. The van der Waals surface area contributed by atoms with Gasteiger partial charge in [-0.2, -0.15) is 0 Å². The molecule has 0 fully saturated rings. The fourth-order valence-electron chi connectivity index (χ4n) is 4.38. The molecule has 0 saturated carbocycles. The second-order valence-corrected chi connectivity index (χ2v) is 8.79. The lowest BCUT2D eigenvalue weighted by Gasteiger charge is -2.14. The first kappa shape index (κ1) is 20.1. The molecule has 7 heteroatoms. The number of para-hydroxylation sites is 1. The largest absolute Gasteiger partial charge is 0.492 e. The van der Waals surface area contributed by atoms with Crippen LogP contribution in [-0.4, -0.2) is 40.8 Å². The van der Waals surface area contributed by atoms with E-state index in [-0.39, 0.29) is 11.8 Å². The number of alkyl halides is 1. The first-order valence-corrected chi connectivity index (χ1v) is 11.1. The van der Waals surface area contributed by atoms with Crippen LogP contribution in [0.2, 0.25) is 0 Å². The molecule has 4 aromatic rings. The molecule has 0 spiro atoms. The van der Waals surface area contributed by atoms with Gasteiger partial charge in [0.1, 0.15) is 12.4 Å². The number of carbonyl (C=O) groups excluding carboxylic acids is 2. The maximum absolute atomic E-state index is 13.2.